The van der Waals surface area contributed by atoms with Gasteiger partial charge in [0, 0.05) is 0 Å². The molecule has 18 heavy (non-hydrogen) atoms. The average molecular weight is 247 g/mol. The first kappa shape index (κ1) is 12.9. The third-order valence-corrected chi connectivity index (χ3v) is 3.03. The first-order chi connectivity index (χ1) is 8.92. The highest BCUT2D eigenvalue weighted by molar-refractivity contribution is 5.73. The first-order valence-electron chi connectivity index (χ1n) is 6.85. The van der Waals surface area contributed by atoms with Gasteiger partial charge >= 0.3 is 0 Å². The van der Waals surface area contributed by atoms with Gasteiger partial charge in [-0.2, -0.15) is 0 Å². The van der Waals surface area contributed by atoms with Gasteiger partial charge in [-0.3, -0.25) is 0 Å². The van der Waals surface area contributed by atoms with Crippen LogP contribution >= 0.6 is 0 Å². The summed E-state index contributed by atoms with van der Waals surface area (Å²) in [7, 11) is 0. The summed E-state index contributed by atoms with van der Waals surface area (Å²) in [6, 6.07) is 7.83. The van der Waals surface area contributed by atoms with Gasteiger partial charge in [0.1, 0.15) is 17.6 Å². The Morgan fingerprint density at radius 1 is 1.06 bits per heavy atom. The number of unbranched alkanes of at least 4 members (excludes halogenated alkanes) is 5. The molecule has 0 unspecified atom stereocenters. The number of aromatic nitrogens is 3. The zero-order valence-corrected chi connectivity index (χ0v) is 11.0. The third-order valence-electron chi connectivity index (χ3n) is 3.03. The summed E-state index contributed by atoms with van der Waals surface area (Å²) in [6.45, 7) is 2.94. The van der Waals surface area contributed by atoms with Crippen molar-refractivity contribution in [2.24, 2.45) is 0 Å². The summed E-state index contributed by atoms with van der Waals surface area (Å²) in [4.78, 5) is 7.14. The summed E-state index contributed by atoms with van der Waals surface area (Å²) in [5.74, 6) is 0. The number of hydrogen-bond donors (Lipinski definition) is 0. The molecule has 0 saturated carbocycles. The quantitative estimate of drug-likeness (QED) is 0.672. The predicted octanol–water partition coefficient (Wildman–Crippen LogP) is 3.22. The van der Waals surface area contributed by atoms with Crippen molar-refractivity contribution < 1.29 is 4.84 Å². The summed E-state index contributed by atoms with van der Waals surface area (Å²) in [6.07, 6.45) is 7.58. The molecule has 0 saturated heterocycles. The number of hydrogen-bond acceptors (Lipinski definition) is 3. The van der Waals surface area contributed by atoms with Crippen LogP contribution in [-0.4, -0.2) is 21.8 Å². The van der Waals surface area contributed by atoms with E-state index in [0.717, 1.165) is 17.5 Å². The normalized spacial score (nSPS) is 10.9. The van der Waals surface area contributed by atoms with Gasteiger partial charge in [-0.1, -0.05) is 49.6 Å². The maximum Gasteiger partial charge on any atom is 0.130 e. The lowest BCUT2D eigenvalue weighted by Crippen LogP contribution is -2.14. The van der Waals surface area contributed by atoms with E-state index in [1.165, 1.54) is 36.9 Å². The van der Waals surface area contributed by atoms with E-state index in [0.29, 0.717) is 6.61 Å². The van der Waals surface area contributed by atoms with Gasteiger partial charge < -0.3 is 4.84 Å². The fourth-order valence-electron chi connectivity index (χ4n) is 1.98. The lowest BCUT2D eigenvalue weighted by atomic mass is 10.1. The summed E-state index contributed by atoms with van der Waals surface area (Å²) >= 11 is 0. The van der Waals surface area contributed by atoms with Crippen LogP contribution in [0.4, 0.5) is 0 Å². The molecular weight excluding hydrogens is 226 g/mol. The Hall–Kier alpha value is -1.58. The SMILES string of the molecule is CCCCCCCCOn1nnc2ccccc21. The van der Waals surface area contributed by atoms with E-state index in [1.54, 1.807) is 0 Å². The van der Waals surface area contributed by atoms with Gasteiger partial charge in [0.25, 0.3) is 0 Å². The average Bonchev–Trinajstić information content (AvgIpc) is 2.81. The topological polar surface area (TPSA) is 39.9 Å². The molecule has 0 N–H and O–H groups in total. The van der Waals surface area contributed by atoms with Crippen LogP contribution in [0.15, 0.2) is 24.3 Å². The zero-order chi connectivity index (χ0) is 12.6. The smallest absolute Gasteiger partial charge is 0.130 e. The largest absolute Gasteiger partial charge is 0.395 e. The molecule has 98 valence electrons. The second-order valence-corrected chi connectivity index (χ2v) is 4.55. The van der Waals surface area contributed by atoms with Gasteiger partial charge in [-0.15, -0.1) is 5.10 Å². The highest BCUT2D eigenvalue weighted by Crippen LogP contribution is 2.08. The minimum atomic E-state index is 0.708. The van der Waals surface area contributed by atoms with Crippen molar-refractivity contribution in [2.45, 2.75) is 45.4 Å². The molecule has 2 rings (SSSR count). The maximum absolute atomic E-state index is 5.61. The van der Waals surface area contributed by atoms with Crippen LogP contribution in [0.25, 0.3) is 11.0 Å². The van der Waals surface area contributed by atoms with E-state index in [2.05, 4.69) is 17.2 Å². The fraction of sp³-hybridized carbons (Fsp3) is 0.571. The predicted molar refractivity (Wildman–Crippen MR) is 72.4 cm³/mol. The van der Waals surface area contributed by atoms with Crippen LogP contribution in [0.2, 0.25) is 0 Å². The summed E-state index contributed by atoms with van der Waals surface area (Å²) in [5.41, 5.74) is 1.81. The molecule has 4 heteroatoms. The van der Waals surface area contributed by atoms with Crippen LogP contribution in [0, 0.1) is 0 Å². The molecule has 0 radical (unpaired) electrons. The Bertz CT molecular complexity index is 467. The Kier molecular flexibility index (Phi) is 5.00. The third kappa shape index (κ3) is 3.45. The molecule has 0 aliphatic rings. The Balaban J connectivity index is 1.70. The first-order valence-corrected chi connectivity index (χ1v) is 6.85. The minimum absolute atomic E-state index is 0.708. The van der Waals surface area contributed by atoms with Crippen LogP contribution in [0.5, 0.6) is 0 Å². The molecule has 1 heterocycles. The van der Waals surface area contributed by atoms with Crippen LogP contribution in [-0.2, 0) is 0 Å². The van der Waals surface area contributed by atoms with E-state index >= 15 is 0 Å². The number of fused-ring (bicyclic) bond motifs is 1. The lowest BCUT2D eigenvalue weighted by Gasteiger charge is -2.05. The van der Waals surface area contributed by atoms with E-state index in [9.17, 15) is 0 Å². The van der Waals surface area contributed by atoms with E-state index in [1.807, 2.05) is 24.3 Å². The second kappa shape index (κ2) is 6.99. The molecule has 0 fully saturated rings. The van der Waals surface area contributed by atoms with Crippen LogP contribution < -0.4 is 4.84 Å². The van der Waals surface area contributed by atoms with Gasteiger partial charge in [0.05, 0.1) is 0 Å². The number of benzene rings is 1. The Morgan fingerprint density at radius 3 is 2.72 bits per heavy atom. The number of rotatable bonds is 8. The van der Waals surface area contributed by atoms with Crippen molar-refractivity contribution in [3.8, 4) is 0 Å². The van der Waals surface area contributed by atoms with Gasteiger partial charge in [-0.05, 0) is 30.2 Å². The number of para-hydroxylation sites is 1. The Morgan fingerprint density at radius 2 is 1.83 bits per heavy atom. The Labute approximate surface area is 108 Å². The van der Waals surface area contributed by atoms with Gasteiger partial charge in [0.15, 0.2) is 0 Å². The zero-order valence-electron chi connectivity index (χ0n) is 11.0. The fourth-order valence-corrected chi connectivity index (χ4v) is 1.98. The molecule has 0 spiro atoms. The van der Waals surface area contributed by atoms with E-state index < -0.39 is 0 Å². The van der Waals surface area contributed by atoms with Crippen molar-refractivity contribution >= 4 is 11.0 Å². The second-order valence-electron chi connectivity index (χ2n) is 4.55. The maximum atomic E-state index is 5.61. The van der Waals surface area contributed by atoms with Crippen LogP contribution in [0.3, 0.4) is 0 Å². The molecular formula is C14H21N3O. The molecule has 4 nitrogen and oxygen atoms in total. The minimum Gasteiger partial charge on any atom is -0.395 e. The van der Waals surface area contributed by atoms with Crippen molar-refractivity contribution in [3.05, 3.63) is 24.3 Å². The molecule has 0 amide bonds. The monoisotopic (exact) mass is 247 g/mol. The number of nitrogens with zero attached hydrogens (tertiary/aromatic N) is 3. The molecule has 0 aliphatic heterocycles. The van der Waals surface area contributed by atoms with Crippen molar-refractivity contribution in [2.75, 3.05) is 6.61 Å². The highest BCUT2D eigenvalue weighted by atomic mass is 16.7. The molecule has 2 aromatic rings. The molecule has 1 aromatic heterocycles. The lowest BCUT2D eigenvalue weighted by molar-refractivity contribution is 0.0843. The summed E-state index contributed by atoms with van der Waals surface area (Å²) < 4.78 is 0. The molecule has 0 aliphatic carbocycles. The molecule has 0 bridgehead atoms. The van der Waals surface area contributed by atoms with Crippen molar-refractivity contribution in [1.29, 1.82) is 0 Å². The van der Waals surface area contributed by atoms with E-state index in [4.69, 9.17) is 4.84 Å². The van der Waals surface area contributed by atoms with Crippen molar-refractivity contribution in [1.82, 2.24) is 15.2 Å². The van der Waals surface area contributed by atoms with Crippen LogP contribution in [0.1, 0.15) is 45.4 Å². The standard InChI is InChI=1S/C14H21N3O/c1-2-3-4-5-6-9-12-18-17-14-11-8-7-10-13(14)15-16-17/h7-8,10-11H,2-6,9,12H2,1H3. The van der Waals surface area contributed by atoms with Gasteiger partial charge in [-0.25, -0.2) is 0 Å². The highest BCUT2D eigenvalue weighted by Gasteiger charge is 2.03. The van der Waals surface area contributed by atoms with E-state index in [-0.39, 0.29) is 0 Å². The molecule has 1 aromatic carbocycles. The summed E-state index contributed by atoms with van der Waals surface area (Å²) in [5, 5.41) is 8.03. The van der Waals surface area contributed by atoms with Gasteiger partial charge in [0.2, 0.25) is 0 Å². The van der Waals surface area contributed by atoms with Crippen molar-refractivity contribution in [3.63, 3.8) is 0 Å². The molecule has 0 atom stereocenters.